The van der Waals surface area contributed by atoms with E-state index in [0.29, 0.717) is 17.0 Å². The van der Waals surface area contributed by atoms with Crippen LogP contribution in [0.4, 0.5) is 0 Å². The number of hydrogen-bond donors (Lipinski definition) is 2. The number of aliphatic hydroxyl groups is 1. The highest BCUT2D eigenvalue weighted by atomic mass is 79.9. The van der Waals surface area contributed by atoms with Crippen LogP contribution in [0.1, 0.15) is 31.4 Å². The van der Waals surface area contributed by atoms with Gasteiger partial charge in [-0.25, -0.2) is 0 Å². The molecule has 0 aliphatic heterocycles. The zero-order valence-corrected chi connectivity index (χ0v) is 12.2. The molecule has 104 valence electrons. The largest absolute Gasteiger partial charge is 0.450 e. The van der Waals surface area contributed by atoms with Gasteiger partial charge < -0.3 is 14.8 Å². The first kappa shape index (κ1) is 14.3. The Bertz CT molecular complexity index is 455. The van der Waals surface area contributed by atoms with Gasteiger partial charge >= 0.3 is 0 Å². The highest BCUT2D eigenvalue weighted by molar-refractivity contribution is 9.10. The average molecular weight is 328 g/mol. The Morgan fingerprint density at radius 3 is 2.95 bits per heavy atom. The Labute approximate surface area is 121 Å². The molecule has 1 fully saturated rings. The molecule has 19 heavy (non-hydrogen) atoms. The maximum atomic E-state index is 11.6. The molecule has 0 saturated heterocycles. The zero-order valence-electron chi connectivity index (χ0n) is 10.6. The fourth-order valence-corrected chi connectivity index (χ4v) is 2.61. The van der Waals surface area contributed by atoms with Crippen molar-refractivity contribution in [2.45, 2.75) is 31.8 Å². The molecule has 5 heteroatoms. The van der Waals surface area contributed by atoms with Gasteiger partial charge in [0.05, 0.1) is 6.10 Å². The highest BCUT2D eigenvalue weighted by Gasteiger charge is 2.22. The molecule has 0 spiro atoms. The van der Waals surface area contributed by atoms with Crippen molar-refractivity contribution < 1.29 is 14.3 Å². The summed E-state index contributed by atoms with van der Waals surface area (Å²) in [7, 11) is 0. The van der Waals surface area contributed by atoms with Crippen LogP contribution in [-0.4, -0.2) is 23.7 Å². The Kier molecular flexibility index (Phi) is 5.22. The first-order valence-corrected chi connectivity index (χ1v) is 7.34. The number of halogens is 1. The monoisotopic (exact) mass is 327 g/mol. The number of furan rings is 1. The van der Waals surface area contributed by atoms with Gasteiger partial charge in [0.25, 0.3) is 0 Å². The molecule has 1 aromatic heterocycles. The molecule has 1 saturated carbocycles. The normalized spacial score (nSPS) is 23.7. The molecule has 2 N–H and O–H groups in total. The minimum atomic E-state index is -0.279. The van der Waals surface area contributed by atoms with E-state index in [0.717, 1.165) is 25.7 Å². The number of amides is 1. The molecule has 1 aliphatic rings. The van der Waals surface area contributed by atoms with Crippen LogP contribution in [0.3, 0.4) is 0 Å². The van der Waals surface area contributed by atoms with Crippen molar-refractivity contribution in [3.05, 3.63) is 28.6 Å². The van der Waals surface area contributed by atoms with Crippen LogP contribution < -0.4 is 5.32 Å². The topological polar surface area (TPSA) is 62.5 Å². The molecule has 4 nitrogen and oxygen atoms in total. The second-order valence-corrected chi connectivity index (χ2v) is 5.61. The molecular weight excluding hydrogens is 310 g/mol. The predicted molar refractivity (Wildman–Crippen MR) is 76.4 cm³/mol. The van der Waals surface area contributed by atoms with E-state index in [2.05, 4.69) is 21.2 Å². The van der Waals surface area contributed by atoms with Gasteiger partial charge in [-0.15, -0.1) is 0 Å². The number of aliphatic hydroxyl groups excluding tert-OH is 1. The minimum Gasteiger partial charge on any atom is -0.450 e. The van der Waals surface area contributed by atoms with Crippen molar-refractivity contribution in [3.63, 3.8) is 0 Å². The van der Waals surface area contributed by atoms with Crippen molar-refractivity contribution in [2.75, 3.05) is 6.54 Å². The molecular formula is C14H18BrNO3. The molecule has 1 amide bonds. The fourth-order valence-electron chi connectivity index (χ4n) is 2.29. The highest BCUT2D eigenvalue weighted by Crippen LogP contribution is 2.23. The van der Waals surface area contributed by atoms with E-state index in [1.54, 1.807) is 18.2 Å². The summed E-state index contributed by atoms with van der Waals surface area (Å²) in [6.07, 6.45) is 6.83. The van der Waals surface area contributed by atoms with Gasteiger partial charge in [0.15, 0.2) is 4.67 Å². The zero-order chi connectivity index (χ0) is 13.7. The molecule has 0 radical (unpaired) electrons. The molecule has 0 aromatic carbocycles. The van der Waals surface area contributed by atoms with Crippen molar-refractivity contribution in [3.8, 4) is 0 Å². The molecule has 2 unspecified atom stereocenters. The number of carbonyl (C=O) groups excluding carboxylic acids is 1. The lowest BCUT2D eigenvalue weighted by Crippen LogP contribution is -2.36. The quantitative estimate of drug-likeness (QED) is 0.836. The first-order chi connectivity index (χ1) is 9.15. The van der Waals surface area contributed by atoms with Gasteiger partial charge in [-0.1, -0.05) is 12.8 Å². The molecule has 0 bridgehead atoms. The van der Waals surface area contributed by atoms with Crippen molar-refractivity contribution >= 4 is 27.9 Å². The van der Waals surface area contributed by atoms with E-state index in [4.69, 9.17) is 4.42 Å². The smallest absolute Gasteiger partial charge is 0.244 e. The lowest BCUT2D eigenvalue weighted by Gasteiger charge is -2.27. The third-order valence-electron chi connectivity index (χ3n) is 3.40. The fraction of sp³-hybridized carbons (Fsp3) is 0.500. The Balaban J connectivity index is 1.76. The summed E-state index contributed by atoms with van der Waals surface area (Å²) in [4.78, 5) is 11.6. The maximum Gasteiger partial charge on any atom is 0.244 e. The summed E-state index contributed by atoms with van der Waals surface area (Å²) in [5, 5.41) is 12.6. The van der Waals surface area contributed by atoms with Gasteiger partial charge in [0.1, 0.15) is 5.76 Å². The van der Waals surface area contributed by atoms with Crippen LogP contribution in [0.15, 0.2) is 27.3 Å². The van der Waals surface area contributed by atoms with E-state index in [1.165, 1.54) is 6.08 Å². The van der Waals surface area contributed by atoms with Gasteiger partial charge in [0.2, 0.25) is 5.91 Å². The summed E-state index contributed by atoms with van der Waals surface area (Å²) < 4.78 is 5.89. The van der Waals surface area contributed by atoms with E-state index in [1.807, 2.05) is 0 Å². The second kappa shape index (κ2) is 6.91. The summed E-state index contributed by atoms with van der Waals surface area (Å²) in [6.45, 7) is 0.534. The van der Waals surface area contributed by atoms with Crippen molar-refractivity contribution in [2.24, 2.45) is 5.92 Å². The average Bonchev–Trinajstić information content (AvgIpc) is 2.81. The van der Waals surface area contributed by atoms with Gasteiger partial charge in [-0.3, -0.25) is 4.79 Å². The molecule has 1 heterocycles. The Morgan fingerprint density at radius 2 is 2.26 bits per heavy atom. The Morgan fingerprint density at radius 1 is 1.47 bits per heavy atom. The van der Waals surface area contributed by atoms with Crippen LogP contribution in [0.5, 0.6) is 0 Å². The summed E-state index contributed by atoms with van der Waals surface area (Å²) in [6, 6.07) is 3.55. The Hall–Kier alpha value is -1.07. The molecule has 2 rings (SSSR count). The van der Waals surface area contributed by atoms with Gasteiger partial charge in [-0.2, -0.15) is 0 Å². The third kappa shape index (κ3) is 4.51. The number of rotatable bonds is 4. The summed E-state index contributed by atoms with van der Waals surface area (Å²) >= 11 is 3.20. The second-order valence-electron chi connectivity index (χ2n) is 4.83. The number of nitrogens with one attached hydrogen (secondary N) is 1. The van der Waals surface area contributed by atoms with E-state index in [9.17, 15) is 9.90 Å². The van der Waals surface area contributed by atoms with Gasteiger partial charge in [-0.05, 0) is 47.0 Å². The van der Waals surface area contributed by atoms with Gasteiger partial charge in [0, 0.05) is 18.5 Å². The van der Waals surface area contributed by atoms with Crippen LogP contribution in [-0.2, 0) is 4.79 Å². The number of hydrogen-bond acceptors (Lipinski definition) is 3. The maximum absolute atomic E-state index is 11.6. The predicted octanol–water partition coefficient (Wildman–Crippen LogP) is 2.72. The molecule has 2 atom stereocenters. The lowest BCUT2D eigenvalue weighted by molar-refractivity contribution is -0.116. The number of carbonyl (C=O) groups is 1. The first-order valence-electron chi connectivity index (χ1n) is 6.54. The summed E-state index contributed by atoms with van der Waals surface area (Å²) in [5.41, 5.74) is 0. The lowest BCUT2D eigenvalue weighted by atomic mass is 9.86. The van der Waals surface area contributed by atoms with E-state index >= 15 is 0 Å². The van der Waals surface area contributed by atoms with Crippen molar-refractivity contribution in [1.29, 1.82) is 0 Å². The van der Waals surface area contributed by atoms with E-state index in [-0.39, 0.29) is 17.9 Å². The van der Waals surface area contributed by atoms with Crippen LogP contribution in [0.2, 0.25) is 0 Å². The molecule has 1 aromatic rings. The van der Waals surface area contributed by atoms with Crippen molar-refractivity contribution in [1.82, 2.24) is 5.32 Å². The third-order valence-corrected chi connectivity index (χ3v) is 3.83. The van der Waals surface area contributed by atoms with Crippen LogP contribution >= 0.6 is 15.9 Å². The van der Waals surface area contributed by atoms with Crippen LogP contribution in [0.25, 0.3) is 6.08 Å². The van der Waals surface area contributed by atoms with Crippen LogP contribution in [0, 0.1) is 5.92 Å². The minimum absolute atomic E-state index is 0.162. The standard InChI is InChI=1S/C14H18BrNO3/c15-13-7-5-11(19-13)6-8-14(18)16-9-10-3-1-2-4-12(10)17/h5-8,10,12,17H,1-4,9H2,(H,16,18). The summed E-state index contributed by atoms with van der Waals surface area (Å²) in [5.74, 6) is 0.647. The SMILES string of the molecule is O=C(C=Cc1ccc(Br)o1)NCC1CCCCC1O. The van der Waals surface area contributed by atoms with E-state index < -0.39 is 0 Å². The molecule has 1 aliphatic carbocycles.